The van der Waals surface area contributed by atoms with Crippen LogP contribution in [0.5, 0.6) is 0 Å². The molecule has 4 rings (SSSR count). The zero-order valence-corrected chi connectivity index (χ0v) is 13.5. The number of hydrogen-bond acceptors (Lipinski definition) is 4. The van der Waals surface area contributed by atoms with Crippen LogP contribution in [0.15, 0.2) is 41.1 Å². The first-order valence-corrected chi connectivity index (χ1v) is 8.15. The third-order valence-electron chi connectivity index (χ3n) is 4.28. The third-order valence-corrected chi connectivity index (χ3v) is 4.28. The third kappa shape index (κ3) is 2.40. The van der Waals surface area contributed by atoms with Crippen LogP contribution in [0.25, 0.3) is 17.0 Å². The van der Waals surface area contributed by atoms with Crippen LogP contribution in [0.4, 0.5) is 5.95 Å². The molecule has 0 saturated carbocycles. The number of aromatic nitrogens is 3. The minimum absolute atomic E-state index is 0.0868. The van der Waals surface area contributed by atoms with E-state index in [1.54, 1.807) is 15.7 Å². The zero-order valence-electron chi connectivity index (χ0n) is 13.5. The Hall–Kier alpha value is -2.89. The predicted octanol–water partition coefficient (Wildman–Crippen LogP) is 3.04. The number of anilines is 1. The molecule has 122 valence electrons. The molecule has 0 saturated heterocycles. The van der Waals surface area contributed by atoms with Gasteiger partial charge in [0.05, 0.1) is 0 Å². The minimum Gasteiger partial charge on any atom is -0.460 e. The van der Waals surface area contributed by atoms with Crippen LogP contribution in [0, 0.1) is 0 Å². The molecule has 24 heavy (non-hydrogen) atoms. The van der Waals surface area contributed by atoms with E-state index in [1.165, 1.54) is 6.33 Å². The Morgan fingerprint density at radius 3 is 3.08 bits per heavy atom. The lowest BCUT2D eigenvalue weighted by Gasteiger charge is -2.24. The first kappa shape index (κ1) is 14.7. The number of furan rings is 1. The van der Waals surface area contributed by atoms with Gasteiger partial charge in [0.15, 0.2) is 0 Å². The second-order valence-corrected chi connectivity index (χ2v) is 5.75. The molecule has 1 aromatic carbocycles. The highest BCUT2D eigenvalue weighted by Crippen LogP contribution is 2.27. The Balaban J connectivity index is 1.66. The number of carbonyl (C=O) groups excluding carboxylic acids is 1. The molecule has 0 radical (unpaired) electrons. The van der Waals surface area contributed by atoms with Gasteiger partial charge in [-0.15, -0.1) is 0 Å². The number of hydrogen-bond donors (Lipinski definition) is 0. The van der Waals surface area contributed by atoms with E-state index in [-0.39, 0.29) is 5.91 Å². The second kappa shape index (κ2) is 5.96. The van der Waals surface area contributed by atoms with E-state index in [4.69, 9.17) is 4.42 Å². The molecule has 0 fully saturated rings. The Labute approximate surface area is 139 Å². The fourth-order valence-corrected chi connectivity index (χ4v) is 3.12. The van der Waals surface area contributed by atoms with Gasteiger partial charge in [-0.25, -0.2) is 4.68 Å². The summed E-state index contributed by atoms with van der Waals surface area (Å²) in [6.45, 7) is 3.51. The number of benzene rings is 1. The van der Waals surface area contributed by atoms with Crippen molar-refractivity contribution in [3.05, 3.63) is 48.0 Å². The fourth-order valence-electron chi connectivity index (χ4n) is 3.12. The first-order valence-electron chi connectivity index (χ1n) is 8.15. The standard InChI is InChI=1S/C18H18N4O2/c1-2-15-14(13-6-3-4-7-16(13)24-15)8-9-17(23)21-10-5-11-22-18(21)19-12-20-22/h3-4,6-9,12H,2,5,10-11H2,1H3. The first-order chi connectivity index (χ1) is 11.8. The molecular formula is C18H18N4O2. The van der Waals surface area contributed by atoms with Crippen LogP contribution in [-0.4, -0.2) is 27.2 Å². The average Bonchev–Trinajstić information content (AvgIpc) is 3.23. The maximum absolute atomic E-state index is 12.6. The van der Waals surface area contributed by atoms with Crippen LogP contribution >= 0.6 is 0 Å². The van der Waals surface area contributed by atoms with Gasteiger partial charge < -0.3 is 4.42 Å². The van der Waals surface area contributed by atoms with Gasteiger partial charge in [0.2, 0.25) is 5.95 Å². The van der Waals surface area contributed by atoms with Gasteiger partial charge in [0, 0.05) is 36.5 Å². The van der Waals surface area contributed by atoms with Crippen LogP contribution in [0.3, 0.4) is 0 Å². The molecular weight excluding hydrogens is 304 g/mol. The van der Waals surface area contributed by atoms with Gasteiger partial charge >= 0.3 is 0 Å². The summed E-state index contributed by atoms with van der Waals surface area (Å²) in [6.07, 6.45) is 6.60. The smallest absolute Gasteiger partial charge is 0.253 e. The summed E-state index contributed by atoms with van der Waals surface area (Å²) in [5.41, 5.74) is 1.82. The number of aryl methyl sites for hydroxylation is 2. The largest absolute Gasteiger partial charge is 0.460 e. The molecule has 1 aliphatic heterocycles. The number of rotatable bonds is 3. The summed E-state index contributed by atoms with van der Waals surface area (Å²) >= 11 is 0. The molecule has 6 heteroatoms. The van der Waals surface area contributed by atoms with Crippen LogP contribution in [-0.2, 0) is 17.8 Å². The monoisotopic (exact) mass is 322 g/mol. The maximum Gasteiger partial charge on any atom is 0.253 e. The Morgan fingerprint density at radius 1 is 1.33 bits per heavy atom. The molecule has 1 amide bonds. The number of amides is 1. The van der Waals surface area contributed by atoms with E-state index in [2.05, 4.69) is 10.1 Å². The Kier molecular flexibility index (Phi) is 3.65. The van der Waals surface area contributed by atoms with Gasteiger partial charge in [-0.1, -0.05) is 25.1 Å². The number of nitrogens with zero attached hydrogens (tertiary/aromatic N) is 4. The summed E-state index contributed by atoms with van der Waals surface area (Å²) in [5.74, 6) is 1.42. The van der Waals surface area contributed by atoms with E-state index in [0.29, 0.717) is 12.5 Å². The molecule has 0 unspecified atom stereocenters. The summed E-state index contributed by atoms with van der Waals surface area (Å²) in [4.78, 5) is 18.5. The van der Waals surface area contributed by atoms with E-state index in [9.17, 15) is 4.79 Å². The summed E-state index contributed by atoms with van der Waals surface area (Å²) in [7, 11) is 0. The van der Waals surface area contributed by atoms with Crippen molar-refractivity contribution in [3.8, 4) is 0 Å². The zero-order chi connectivity index (χ0) is 16.5. The van der Waals surface area contributed by atoms with E-state index < -0.39 is 0 Å². The molecule has 1 aliphatic rings. The minimum atomic E-state index is -0.0868. The van der Waals surface area contributed by atoms with Crippen molar-refractivity contribution >= 4 is 28.9 Å². The van der Waals surface area contributed by atoms with Crippen LogP contribution in [0.2, 0.25) is 0 Å². The molecule has 2 aromatic heterocycles. The fraction of sp³-hybridized carbons (Fsp3) is 0.278. The molecule has 3 heterocycles. The quantitative estimate of drug-likeness (QED) is 0.695. The van der Waals surface area contributed by atoms with E-state index in [1.807, 2.05) is 37.3 Å². The Morgan fingerprint density at radius 2 is 2.21 bits per heavy atom. The number of para-hydroxylation sites is 1. The molecule has 0 spiro atoms. The molecule has 6 nitrogen and oxygen atoms in total. The van der Waals surface area contributed by atoms with Crippen molar-refractivity contribution < 1.29 is 9.21 Å². The highest BCUT2D eigenvalue weighted by Gasteiger charge is 2.23. The highest BCUT2D eigenvalue weighted by atomic mass is 16.3. The normalized spacial score (nSPS) is 14.5. The molecule has 3 aromatic rings. The van der Waals surface area contributed by atoms with Gasteiger partial charge in [-0.3, -0.25) is 9.69 Å². The van der Waals surface area contributed by atoms with Crippen molar-refractivity contribution in [1.29, 1.82) is 0 Å². The van der Waals surface area contributed by atoms with E-state index in [0.717, 1.165) is 41.7 Å². The summed E-state index contributed by atoms with van der Waals surface area (Å²) in [6, 6.07) is 7.88. The average molecular weight is 322 g/mol. The summed E-state index contributed by atoms with van der Waals surface area (Å²) < 4.78 is 7.63. The molecule has 0 N–H and O–H groups in total. The lowest BCUT2D eigenvalue weighted by molar-refractivity contribution is -0.114. The van der Waals surface area contributed by atoms with Crippen LogP contribution < -0.4 is 4.90 Å². The topological polar surface area (TPSA) is 64.2 Å². The Bertz CT molecular complexity index is 922. The molecule has 0 atom stereocenters. The lowest BCUT2D eigenvalue weighted by atomic mass is 10.1. The van der Waals surface area contributed by atoms with Crippen molar-refractivity contribution in [3.63, 3.8) is 0 Å². The van der Waals surface area contributed by atoms with E-state index >= 15 is 0 Å². The second-order valence-electron chi connectivity index (χ2n) is 5.75. The molecule has 0 aliphatic carbocycles. The van der Waals surface area contributed by atoms with Gasteiger partial charge in [-0.05, 0) is 18.6 Å². The predicted molar refractivity (Wildman–Crippen MR) is 91.6 cm³/mol. The SMILES string of the molecule is CCc1oc2ccccc2c1C=CC(=O)N1CCCn2ncnc21. The highest BCUT2D eigenvalue weighted by molar-refractivity contribution is 6.04. The maximum atomic E-state index is 12.6. The lowest BCUT2D eigenvalue weighted by Crippen LogP contribution is -2.37. The van der Waals surface area contributed by atoms with Crippen molar-refractivity contribution in [2.45, 2.75) is 26.3 Å². The number of fused-ring (bicyclic) bond motifs is 2. The molecule has 0 bridgehead atoms. The van der Waals surface area contributed by atoms with Gasteiger partial charge in [0.25, 0.3) is 5.91 Å². The van der Waals surface area contributed by atoms with Crippen molar-refractivity contribution in [2.24, 2.45) is 0 Å². The number of carbonyl (C=O) groups is 1. The van der Waals surface area contributed by atoms with Crippen LogP contribution in [0.1, 0.15) is 24.7 Å². The van der Waals surface area contributed by atoms with Gasteiger partial charge in [0.1, 0.15) is 17.7 Å². The van der Waals surface area contributed by atoms with Crippen molar-refractivity contribution in [1.82, 2.24) is 14.8 Å². The summed E-state index contributed by atoms with van der Waals surface area (Å²) in [5, 5.41) is 5.17. The van der Waals surface area contributed by atoms with Crippen molar-refractivity contribution in [2.75, 3.05) is 11.4 Å². The van der Waals surface area contributed by atoms with Gasteiger partial charge in [-0.2, -0.15) is 10.1 Å².